The largest absolute Gasteiger partial charge is 0.481 e. The number of hydrazine groups is 1. The van der Waals surface area contributed by atoms with E-state index in [9.17, 15) is 24.0 Å². The molecule has 1 aromatic heterocycles. The normalized spacial score (nSPS) is 19.1. The molecule has 0 spiro atoms. The van der Waals surface area contributed by atoms with Gasteiger partial charge < -0.3 is 9.57 Å². The lowest BCUT2D eigenvalue weighted by Gasteiger charge is -2.24. The molecule has 3 heterocycles. The van der Waals surface area contributed by atoms with Crippen LogP contribution in [0, 0.1) is 0 Å². The second kappa shape index (κ2) is 11.3. The van der Waals surface area contributed by atoms with E-state index in [4.69, 9.17) is 21.2 Å². The summed E-state index contributed by atoms with van der Waals surface area (Å²) >= 11 is 7.12. The monoisotopic (exact) mass is 568 g/mol. The average Bonchev–Trinajstić information content (AvgIpc) is 3.41. The number of pyridine rings is 1. The summed E-state index contributed by atoms with van der Waals surface area (Å²) in [7, 11) is 0. The lowest BCUT2D eigenvalue weighted by molar-refractivity contribution is -0.197. The van der Waals surface area contributed by atoms with Gasteiger partial charge in [0, 0.05) is 29.4 Å². The molecule has 3 aromatic rings. The van der Waals surface area contributed by atoms with Crippen LogP contribution < -0.4 is 10.2 Å². The molecule has 0 aliphatic carbocycles. The lowest BCUT2D eigenvalue weighted by Crippen LogP contribution is -2.47. The van der Waals surface area contributed by atoms with E-state index in [0.29, 0.717) is 26.9 Å². The second-order valence-corrected chi connectivity index (χ2v) is 10.4. The van der Waals surface area contributed by atoms with Gasteiger partial charge in [0.1, 0.15) is 16.6 Å². The van der Waals surface area contributed by atoms with Crippen LogP contribution in [0.25, 0.3) is 10.9 Å². The highest BCUT2D eigenvalue weighted by molar-refractivity contribution is 8.01. The highest BCUT2D eigenvalue weighted by Gasteiger charge is 2.44. The number of hydroxylamine groups is 2. The van der Waals surface area contributed by atoms with Crippen LogP contribution in [-0.2, 0) is 28.8 Å². The van der Waals surface area contributed by atoms with E-state index >= 15 is 0 Å². The molecular formula is C26H21ClN4O7S. The molecule has 0 bridgehead atoms. The van der Waals surface area contributed by atoms with Crippen LogP contribution in [0.5, 0.6) is 5.75 Å². The Hall–Kier alpha value is -4.16. The van der Waals surface area contributed by atoms with Gasteiger partial charge in [-0.25, -0.2) is 9.80 Å². The summed E-state index contributed by atoms with van der Waals surface area (Å²) in [6.07, 6.45) is 1.11. The standard InChI is InChI=1S/C26H21ClN4O7S/c27-17-8-6-16(7-9-17)26-30(25(36)19(39-26)13-23(35)38-31-21(33)10-11-22(31)34)29-20(32)14-37-18-5-1-3-15-4-2-12-28-24(15)18/h1-9,12,19,26H,10-11,13-14H2,(H,29,32). The number of nitrogens with one attached hydrogen (secondary N) is 1. The van der Waals surface area contributed by atoms with Crippen molar-refractivity contribution in [2.75, 3.05) is 6.61 Å². The molecule has 4 amide bonds. The minimum atomic E-state index is -0.950. The molecule has 0 radical (unpaired) electrons. The molecule has 1 N–H and O–H groups in total. The Morgan fingerprint density at radius 2 is 1.74 bits per heavy atom. The van der Waals surface area contributed by atoms with Crippen LogP contribution in [0.3, 0.4) is 0 Å². The number of imide groups is 1. The summed E-state index contributed by atoms with van der Waals surface area (Å²) in [4.78, 5) is 71.4. The van der Waals surface area contributed by atoms with Crippen molar-refractivity contribution in [2.45, 2.75) is 29.9 Å². The lowest BCUT2D eigenvalue weighted by atomic mass is 10.2. The van der Waals surface area contributed by atoms with Crippen molar-refractivity contribution >= 4 is 63.9 Å². The fraction of sp³-hybridized carbons (Fsp3) is 0.231. The molecular weight excluding hydrogens is 548 g/mol. The van der Waals surface area contributed by atoms with Gasteiger partial charge in [-0.15, -0.1) is 16.8 Å². The third kappa shape index (κ3) is 5.81. The van der Waals surface area contributed by atoms with E-state index in [0.717, 1.165) is 22.2 Å². The summed E-state index contributed by atoms with van der Waals surface area (Å²) in [5.74, 6) is -2.91. The van der Waals surface area contributed by atoms with Gasteiger partial charge in [0.05, 0.1) is 11.7 Å². The Labute approximate surface area is 231 Å². The summed E-state index contributed by atoms with van der Waals surface area (Å²) in [5.41, 5.74) is 3.82. The summed E-state index contributed by atoms with van der Waals surface area (Å²) in [6.45, 7) is -0.399. The van der Waals surface area contributed by atoms with Crippen molar-refractivity contribution in [1.29, 1.82) is 0 Å². The van der Waals surface area contributed by atoms with E-state index in [2.05, 4.69) is 10.4 Å². The molecule has 39 heavy (non-hydrogen) atoms. The molecule has 200 valence electrons. The van der Waals surface area contributed by atoms with Gasteiger partial charge in [-0.1, -0.05) is 41.9 Å². The van der Waals surface area contributed by atoms with Crippen molar-refractivity contribution in [1.82, 2.24) is 20.5 Å². The van der Waals surface area contributed by atoms with Crippen molar-refractivity contribution in [3.63, 3.8) is 0 Å². The number of hydrogen-bond acceptors (Lipinski definition) is 9. The van der Waals surface area contributed by atoms with Crippen molar-refractivity contribution in [3.8, 4) is 5.75 Å². The van der Waals surface area contributed by atoms with Gasteiger partial charge in [0.25, 0.3) is 23.6 Å². The first-order valence-electron chi connectivity index (χ1n) is 11.9. The molecule has 2 saturated heterocycles. The van der Waals surface area contributed by atoms with Crippen molar-refractivity contribution in [2.24, 2.45) is 0 Å². The number of fused-ring (bicyclic) bond motifs is 1. The van der Waals surface area contributed by atoms with Crippen LogP contribution in [0.15, 0.2) is 60.8 Å². The molecule has 2 fully saturated rings. The van der Waals surface area contributed by atoms with Crippen molar-refractivity contribution < 1.29 is 33.5 Å². The van der Waals surface area contributed by atoms with Crippen LogP contribution >= 0.6 is 23.4 Å². The zero-order valence-corrected chi connectivity index (χ0v) is 21.8. The van der Waals surface area contributed by atoms with Crippen LogP contribution in [-0.4, -0.2) is 56.5 Å². The van der Waals surface area contributed by atoms with Crippen LogP contribution in [0.1, 0.15) is 30.2 Å². The molecule has 11 nitrogen and oxygen atoms in total. The zero-order chi connectivity index (χ0) is 27.5. The predicted octanol–water partition coefficient (Wildman–Crippen LogP) is 2.94. The average molecular weight is 569 g/mol. The number of thioether (sulfide) groups is 1. The van der Waals surface area contributed by atoms with Crippen molar-refractivity contribution in [3.05, 3.63) is 71.4 Å². The number of ether oxygens (including phenoxy) is 1. The third-order valence-electron chi connectivity index (χ3n) is 5.95. The van der Waals surface area contributed by atoms with E-state index in [1.165, 1.54) is 0 Å². The molecule has 2 aromatic carbocycles. The maximum Gasteiger partial charge on any atom is 0.334 e. The number of carbonyl (C=O) groups is 5. The van der Waals surface area contributed by atoms with Gasteiger partial charge in [-0.2, -0.15) is 0 Å². The quantitative estimate of drug-likeness (QED) is 0.407. The Morgan fingerprint density at radius 1 is 1.03 bits per heavy atom. The van der Waals surface area contributed by atoms with Gasteiger partial charge >= 0.3 is 5.97 Å². The minimum Gasteiger partial charge on any atom is -0.481 e. The van der Waals surface area contributed by atoms with Gasteiger partial charge in [-0.3, -0.25) is 29.6 Å². The number of benzene rings is 2. The summed E-state index contributed by atoms with van der Waals surface area (Å²) < 4.78 is 5.69. The Balaban J connectivity index is 1.28. The fourth-order valence-electron chi connectivity index (χ4n) is 4.10. The van der Waals surface area contributed by atoms with E-state index in [1.54, 1.807) is 48.7 Å². The number of aromatic nitrogens is 1. The second-order valence-electron chi connectivity index (χ2n) is 8.64. The first-order valence-corrected chi connectivity index (χ1v) is 13.2. The highest BCUT2D eigenvalue weighted by Crippen LogP contribution is 2.43. The smallest absolute Gasteiger partial charge is 0.334 e. The molecule has 5 rings (SSSR count). The number of para-hydroxylation sites is 1. The number of amides is 4. The Kier molecular flexibility index (Phi) is 7.66. The number of carbonyl (C=O) groups excluding carboxylic acids is 5. The maximum absolute atomic E-state index is 13.3. The number of nitrogens with zero attached hydrogens (tertiary/aromatic N) is 3. The van der Waals surface area contributed by atoms with Gasteiger partial charge in [0.2, 0.25) is 0 Å². The molecule has 13 heteroatoms. The van der Waals surface area contributed by atoms with Crippen LogP contribution in [0.2, 0.25) is 5.02 Å². The molecule has 2 unspecified atom stereocenters. The SMILES string of the molecule is O=C(COc1cccc2cccnc12)NN1C(=O)C(CC(=O)ON2C(=O)CCC2=O)SC1c1ccc(Cl)cc1. The maximum atomic E-state index is 13.3. The van der Waals surface area contributed by atoms with E-state index in [-0.39, 0.29) is 12.8 Å². The number of rotatable bonds is 8. The Bertz CT molecular complexity index is 1450. The van der Waals surface area contributed by atoms with Gasteiger partial charge in [0.15, 0.2) is 6.61 Å². The molecule has 2 aliphatic heterocycles. The van der Waals surface area contributed by atoms with Gasteiger partial charge in [-0.05, 0) is 29.8 Å². The fourth-order valence-corrected chi connectivity index (χ4v) is 5.59. The summed E-state index contributed by atoms with van der Waals surface area (Å²) in [5, 5.41) is 1.25. The van der Waals surface area contributed by atoms with E-state index < -0.39 is 53.2 Å². The molecule has 2 atom stereocenters. The first kappa shape index (κ1) is 26.4. The highest BCUT2D eigenvalue weighted by atomic mass is 35.5. The number of halogens is 1. The van der Waals surface area contributed by atoms with Crippen LogP contribution in [0.4, 0.5) is 0 Å². The minimum absolute atomic E-state index is 0.0431. The van der Waals surface area contributed by atoms with E-state index in [1.807, 2.05) is 12.1 Å². The summed E-state index contributed by atoms with van der Waals surface area (Å²) in [6, 6.07) is 15.7. The Morgan fingerprint density at radius 3 is 2.49 bits per heavy atom. The third-order valence-corrected chi connectivity index (χ3v) is 7.64. The predicted molar refractivity (Wildman–Crippen MR) is 140 cm³/mol. The zero-order valence-electron chi connectivity index (χ0n) is 20.2. The molecule has 2 aliphatic rings. The first-order chi connectivity index (χ1) is 18.8. The topological polar surface area (TPSA) is 135 Å². The molecule has 0 saturated carbocycles. The number of hydrogen-bond donors (Lipinski definition) is 1.